The van der Waals surface area contributed by atoms with Crippen LogP contribution in [0.15, 0.2) is 29.1 Å². The number of hydrogen-bond donors (Lipinski definition) is 0. The molecule has 0 unspecified atom stereocenters. The van der Waals surface area contributed by atoms with Gasteiger partial charge < -0.3 is 4.74 Å². The van der Waals surface area contributed by atoms with Crippen molar-refractivity contribution in [2.75, 3.05) is 0 Å². The summed E-state index contributed by atoms with van der Waals surface area (Å²) in [5.41, 5.74) is 0.0966. The molecule has 0 aliphatic heterocycles. The van der Waals surface area contributed by atoms with E-state index in [0.717, 1.165) is 5.01 Å². The molecule has 0 radical (unpaired) electrons. The first-order valence-electron chi connectivity index (χ1n) is 7.70. The van der Waals surface area contributed by atoms with Gasteiger partial charge in [-0.05, 0) is 19.4 Å². The third-order valence-electron chi connectivity index (χ3n) is 3.72. The van der Waals surface area contributed by atoms with Crippen molar-refractivity contribution in [3.8, 4) is 0 Å². The first kappa shape index (κ1) is 17.7. The van der Waals surface area contributed by atoms with Crippen molar-refractivity contribution in [1.82, 2.24) is 14.6 Å². The van der Waals surface area contributed by atoms with Gasteiger partial charge in [0.2, 0.25) is 4.96 Å². The number of benzene rings is 1. The fourth-order valence-corrected chi connectivity index (χ4v) is 3.23. The standard InChI is InChI=1S/C16H14N4O5S/c1-3-13-18-19-14(21)7-10(17-16(19)26-13)8-25-15(22)11-5-4-6-12(9(11)2)20(23)24/h4-7H,3,8H2,1-2H3. The summed E-state index contributed by atoms with van der Waals surface area (Å²) in [6.07, 6.45) is 0.684. The Bertz CT molecular complexity index is 1070. The molecule has 0 N–H and O–H groups in total. The SMILES string of the molecule is CCc1nn2c(=O)cc(COC(=O)c3cccc([N+](=O)[O-])c3C)nc2s1. The molecule has 1 aromatic carbocycles. The van der Waals surface area contributed by atoms with Gasteiger partial charge in [-0.25, -0.2) is 9.78 Å². The number of rotatable bonds is 5. The van der Waals surface area contributed by atoms with Crippen LogP contribution in [-0.4, -0.2) is 25.5 Å². The molecule has 134 valence electrons. The minimum absolute atomic E-state index is 0.100. The fourth-order valence-electron chi connectivity index (χ4n) is 2.37. The van der Waals surface area contributed by atoms with Gasteiger partial charge in [0.1, 0.15) is 11.6 Å². The number of aromatic nitrogens is 3. The molecule has 3 rings (SSSR count). The second-order valence-electron chi connectivity index (χ2n) is 5.41. The van der Waals surface area contributed by atoms with Crippen molar-refractivity contribution in [3.63, 3.8) is 0 Å². The quantitative estimate of drug-likeness (QED) is 0.382. The van der Waals surface area contributed by atoms with Crippen molar-refractivity contribution < 1.29 is 14.5 Å². The third kappa shape index (κ3) is 3.31. The normalized spacial score (nSPS) is 10.8. The molecule has 0 bridgehead atoms. The molecule has 0 spiro atoms. The molecule has 0 aliphatic rings. The topological polar surface area (TPSA) is 117 Å². The van der Waals surface area contributed by atoms with Crippen LogP contribution >= 0.6 is 11.3 Å². The number of nitrogens with zero attached hydrogens (tertiary/aromatic N) is 4. The van der Waals surface area contributed by atoms with E-state index in [0.29, 0.717) is 11.4 Å². The third-order valence-corrected chi connectivity index (χ3v) is 4.77. The van der Waals surface area contributed by atoms with Crippen LogP contribution in [0.2, 0.25) is 0 Å². The monoisotopic (exact) mass is 374 g/mol. The molecule has 0 fully saturated rings. The molecule has 10 heteroatoms. The molecule has 0 aliphatic carbocycles. The first-order valence-corrected chi connectivity index (χ1v) is 8.52. The van der Waals surface area contributed by atoms with E-state index in [9.17, 15) is 19.7 Å². The molecule has 2 aromatic heterocycles. The van der Waals surface area contributed by atoms with E-state index in [1.807, 2.05) is 6.92 Å². The first-order chi connectivity index (χ1) is 12.4. The highest BCUT2D eigenvalue weighted by atomic mass is 32.1. The molecular formula is C16H14N4O5S. The summed E-state index contributed by atoms with van der Waals surface area (Å²) in [7, 11) is 0. The van der Waals surface area contributed by atoms with E-state index in [1.54, 1.807) is 0 Å². The largest absolute Gasteiger partial charge is 0.456 e. The number of ether oxygens (including phenoxy) is 1. The maximum atomic E-state index is 12.2. The van der Waals surface area contributed by atoms with Crippen LogP contribution in [0.5, 0.6) is 0 Å². The van der Waals surface area contributed by atoms with Crippen LogP contribution in [0.3, 0.4) is 0 Å². The van der Waals surface area contributed by atoms with Gasteiger partial charge in [-0.2, -0.15) is 9.61 Å². The zero-order chi connectivity index (χ0) is 18.8. The van der Waals surface area contributed by atoms with Gasteiger partial charge >= 0.3 is 5.97 Å². The van der Waals surface area contributed by atoms with Crippen LogP contribution < -0.4 is 5.56 Å². The van der Waals surface area contributed by atoms with E-state index in [-0.39, 0.29) is 34.7 Å². The van der Waals surface area contributed by atoms with Gasteiger partial charge in [-0.15, -0.1) is 0 Å². The second-order valence-corrected chi connectivity index (χ2v) is 6.45. The van der Waals surface area contributed by atoms with E-state index >= 15 is 0 Å². The van der Waals surface area contributed by atoms with Crippen molar-refractivity contribution in [2.24, 2.45) is 0 Å². The Morgan fingerprint density at radius 1 is 1.42 bits per heavy atom. The summed E-state index contributed by atoms with van der Waals surface area (Å²) < 4.78 is 6.39. The van der Waals surface area contributed by atoms with Crippen LogP contribution in [0, 0.1) is 17.0 Å². The number of nitro benzene ring substituents is 1. The van der Waals surface area contributed by atoms with Crippen LogP contribution in [0.25, 0.3) is 4.96 Å². The second kappa shape index (κ2) is 7.00. The molecule has 0 saturated carbocycles. The molecule has 2 heterocycles. The average Bonchev–Trinajstić information content (AvgIpc) is 3.03. The summed E-state index contributed by atoms with van der Waals surface area (Å²) >= 11 is 1.29. The maximum Gasteiger partial charge on any atom is 0.339 e. The lowest BCUT2D eigenvalue weighted by atomic mass is 10.1. The predicted molar refractivity (Wildman–Crippen MR) is 93.5 cm³/mol. The number of fused-ring (bicyclic) bond motifs is 1. The fraction of sp³-hybridized carbons (Fsp3) is 0.250. The molecular weight excluding hydrogens is 360 g/mol. The van der Waals surface area contributed by atoms with Gasteiger partial charge in [-0.1, -0.05) is 24.3 Å². The Morgan fingerprint density at radius 2 is 2.19 bits per heavy atom. The van der Waals surface area contributed by atoms with Crippen molar-refractivity contribution in [1.29, 1.82) is 0 Å². The predicted octanol–water partition coefficient (Wildman–Crippen LogP) is 2.29. The lowest BCUT2D eigenvalue weighted by Gasteiger charge is -2.07. The zero-order valence-corrected chi connectivity index (χ0v) is 14.8. The Labute approximate surface area is 151 Å². The summed E-state index contributed by atoms with van der Waals surface area (Å²) in [5.74, 6) is -0.716. The highest BCUT2D eigenvalue weighted by Gasteiger charge is 2.19. The Morgan fingerprint density at radius 3 is 2.88 bits per heavy atom. The number of aryl methyl sites for hydroxylation is 1. The van der Waals surface area contributed by atoms with E-state index in [1.165, 1.54) is 47.0 Å². The van der Waals surface area contributed by atoms with Crippen LogP contribution in [0.1, 0.15) is 33.5 Å². The smallest absolute Gasteiger partial charge is 0.339 e. The van der Waals surface area contributed by atoms with Crippen molar-refractivity contribution in [3.05, 3.63) is 66.6 Å². The van der Waals surface area contributed by atoms with E-state index in [4.69, 9.17) is 4.74 Å². The molecule has 0 saturated heterocycles. The number of carbonyl (C=O) groups excluding carboxylic acids is 1. The highest BCUT2D eigenvalue weighted by molar-refractivity contribution is 7.16. The van der Waals surface area contributed by atoms with Gasteiger partial charge in [-0.3, -0.25) is 14.9 Å². The van der Waals surface area contributed by atoms with Gasteiger partial charge in [0.25, 0.3) is 11.2 Å². The van der Waals surface area contributed by atoms with Crippen LogP contribution in [0.4, 0.5) is 5.69 Å². The molecule has 9 nitrogen and oxygen atoms in total. The summed E-state index contributed by atoms with van der Waals surface area (Å²) in [6, 6.07) is 5.44. The summed E-state index contributed by atoms with van der Waals surface area (Å²) in [4.78, 5) is 39.4. The molecule has 0 atom stereocenters. The van der Waals surface area contributed by atoms with E-state index in [2.05, 4.69) is 10.1 Å². The summed E-state index contributed by atoms with van der Waals surface area (Å²) in [6.45, 7) is 3.19. The molecule has 0 amide bonds. The van der Waals surface area contributed by atoms with Gasteiger partial charge in [0, 0.05) is 17.7 Å². The molecule has 26 heavy (non-hydrogen) atoms. The maximum absolute atomic E-state index is 12.2. The van der Waals surface area contributed by atoms with Gasteiger partial charge in [0.15, 0.2) is 0 Å². The van der Waals surface area contributed by atoms with Crippen molar-refractivity contribution >= 4 is 28.0 Å². The minimum Gasteiger partial charge on any atom is -0.456 e. The Hall–Kier alpha value is -3.14. The lowest BCUT2D eigenvalue weighted by molar-refractivity contribution is -0.385. The van der Waals surface area contributed by atoms with Crippen molar-refractivity contribution in [2.45, 2.75) is 26.9 Å². The highest BCUT2D eigenvalue weighted by Crippen LogP contribution is 2.22. The zero-order valence-electron chi connectivity index (χ0n) is 14.0. The average molecular weight is 374 g/mol. The lowest BCUT2D eigenvalue weighted by Crippen LogP contribution is -2.17. The van der Waals surface area contributed by atoms with E-state index < -0.39 is 10.9 Å². The Kier molecular flexibility index (Phi) is 4.76. The van der Waals surface area contributed by atoms with Gasteiger partial charge in [0.05, 0.1) is 16.2 Å². The van der Waals surface area contributed by atoms with Crippen LogP contribution in [-0.2, 0) is 17.8 Å². The number of carbonyl (C=O) groups is 1. The molecule has 3 aromatic rings. The number of hydrogen-bond acceptors (Lipinski definition) is 8. The minimum atomic E-state index is -0.716. The number of nitro groups is 1. The summed E-state index contributed by atoms with van der Waals surface area (Å²) in [5, 5.41) is 15.9. The number of esters is 1. The Balaban J connectivity index is 1.82.